The van der Waals surface area contributed by atoms with Crippen LogP contribution in [0.3, 0.4) is 0 Å². The summed E-state index contributed by atoms with van der Waals surface area (Å²) in [6.07, 6.45) is 0.381. The van der Waals surface area contributed by atoms with Gasteiger partial charge in [0, 0.05) is 12.6 Å². The van der Waals surface area contributed by atoms with Crippen molar-refractivity contribution in [3.05, 3.63) is 42.9 Å². The summed E-state index contributed by atoms with van der Waals surface area (Å²) in [5.74, 6) is -1.30. The fourth-order valence-electron chi connectivity index (χ4n) is 2.23. The number of fused-ring (bicyclic) bond motifs is 1. The van der Waals surface area contributed by atoms with Gasteiger partial charge in [-0.05, 0) is 18.9 Å². The van der Waals surface area contributed by atoms with E-state index in [1.54, 1.807) is 13.8 Å². The van der Waals surface area contributed by atoms with Gasteiger partial charge in [0.15, 0.2) is 0 Å². The average Bonchev–Trinajstić information content (AvgIpc) is 2.42. The van der Waals surface area contributed by atoms with Crippen molar-refractivity contribution in [2.24, 2.45) is 0 Å². The van der Waals surface area contributed by atoms with Gasteiger partial charge in [-0.3, -0.25) is 14.2 Å². The molecule has 2 heterocycles. The standard InChI is InChI=1S/C13H14N2O6/c1-3-7-5-9(18)21-12-10(7)11(19)15(6-8(16)17)13(20)14(12)4-2/h5H,3-4,6H2,1-2H3,(H,16,17). The van der Waals surface area contributed by atoms with Crippen molar-refractivity contribution in [3.63, 3.8) is 0 Å². The molecule has 0 spiro atoms. The molecule has 0 bridgehead atoms. The number of nitrogens with zero attached hydrogens (tertiary/aromatic N) is 2. The molecular formula is C13H14N2O6. The van der Waals surface area contributed by atoms with E-state index in [2.05, 4.69) is 0 Å². The van der Waals surface area contributed by atoms with E-state index < -0.39 is 29.4 Å². The first-order valence-corrected chi connectivity index (χ1v) is 6.42. The molecule has 1 N–H and O–H groups in total. The lowest BCUT2D eigenvalue weighted by Crippen LogP contribution is -2.42. The molecule has 0 saturated carbocycles. The van der Waals surface area contributed by atoms with Crippen LogP contribution < -0.4 is 16.9 Å². The van der Waals surface area contributed by atoms with Crippen LogP contribution in [0.2, 0.25) is 0 Å². The van der Waals surface area contributed by atoms with E-state index in [-0.39, 0.29) is 17.6 Å². The highest BCUT2D eigenvalue weighted by molar-refractivity contribution is 5.76. The summed E-state index contributed by atoms with van der Waals surface area (Å²) in [5.41, 5.74) is -1.92. The molecule has 0 aliphatic carbocycles. The summed E-state index contributed by atoms with van der Waals surface area (Å²) >= 11 is 0. The predicted molar refractivity (Wildman–Crippen MR) is 73.7 cm³/mol. The van der Waals surface area contributed by atoms with Gasteiger partial charge in [-0.25, -0.2) is 14.2 Å². The Bertz CT molecular complexity index is 886. The molecule has 2 aromatic rings. The van der Waals surface area contributed by atoms with Crippen molar-refractivity contribution < 1.29 is 14.3 Å². The summed E-state index contributed by atoms with van der Waals surface area (Å²) in [6.45, 7) is 2.78. The minimum Gasteiger partial charge on any atom is -0.480 e. The Hall–Kier alpha value is -2.64. The lowest BCUT2D eigenvalue weighted by Gasteiger charge is -2.11. The molecule has 0 radical (unpaired) electrons. The first-order valence-electron chi connectivity index (χ1n) is 6.42. The van der Waals surface area contributed by atoms with E-state index in [1.165, 1.54) is 6.07 Å². The summed E-state index contributed by atoms with van der Waals surface area (Å²) in [4.78, 5) is 46.9. The van der Waals surface area contributed by atoms with E-state index in [1.807, 2.05) is 0 Å². The zero-order valence-corrected chi connectivity index (χ0v) is 11.6. The van der Waals surface area contributed by atoms with Gasteiger partial charge in [0.05, 0.1) is 0 Å². The molecule has 0 amide bonds. The number of hydrogen-bond donors (Lipinski definition) is 1. The van der Waals surface area contributed by atoms with Gasteiger partial charge in [0.1, 0.15) is 11.9 Å². The number of carbonyl (C=O) groups is 1. The van der Waals surface area contributed by atoms with Crippen LogP contribution in [0.1, 0.15) is 19.4 Å². The topological polar surface area (TPSA) is 112 Å². The molecule has 2 rings (SSSR count). The highest BCUT2D eigenvalue weighted by atomic mass is 16.4. The van der Waals surface area contributed by atoms with Crippen LogP contribution in [0, 0.1) is 0 Å². The molecule has 0 aromatic carbocycles. The van der Waals surface area contributed by atoms with Gasteiger partial charge >= 0.3 is 17.3 Å². The molecular weight excluding hydrogens is 280 g/mol. The molecule has 0 atom stereocenters. The number of aliphatic carboxylic acids is 1. The molecule has 0 fully saturated rings. The van der Waals surface area contributed by atoms with Crippen LogP contribution in [0.4, 0.5) is 0 Å². The minimum atomic E-state index is -1.30. The predicted octanol–water partition coefficient (Wildman–Crippen LogP) is -0.217. The fraction of sp³-hybridized carbons (Fsp3) is 0.385. The van der Waals surface area contributed by atoms with E-state index in [0.717, 1.165) is 4.57 Å². The van der Waals surface area contributed by atoms with Crippen LogP contribution in [0.15, 0.2) is 24.9 Å². The Labute approximate surface area is 117 Å². The molecule has 0 aliphatic rings. The highest BCUT2D eigenvalue weighted by Gasteiger charge is 2.19. The maximum atomic E-state index is 12.4. The number of hydrogen-bond acceptors (Lipinski definition) is 5. The number of carboxylic acids is 1. The minimum absolute atomic E-state index is 0.0693. The maximum Gasteiger partial charge on any atom is 0.337 e. The van der Waals surface area contributed by atoms with Crippen LogP contribution in [-0.4, -0.2) is 20.2 Å². The van der Waals surface area contributed by atoms with E-state index in [0.29, 0.717) is 16.6 Å². The van der Waals surface area contributed by atoms with Crippen molar-refractivity contribution >= 4 is 17.1 Å². The first-order chi connectivity index (χ1) is 9.90. The smallest absolute Gasteiger partial charge is 0.337 e. The summed E-state index contributed by atoms with van der Waals surface area (Å²) in [7, 11) is 0. The maximum absolute atomic E-state index is 12.4. The lowest BCUT2D eigenvalue weighted by atomic mass is 10.1. The van der Waals surface area contributed by atoms with Crippen LogP contribution in [0.5, 0.6) is 0 Å². The quantitative estimate of drug-likeness (QED) is 0.834. The molecule has 0 saturated heterocycles. The van der Waals surface area contributed by atoms with Crippen molar-refractivity contribution in [2.75, 3.05) is 0 Å². The molecule has 112 valence electrons. The Morgan fingerprint density at radius 2 is 1.90 bits per heavy atom. The van der Waals surface area contributed by atoms with Gasteiger partial charge in [-0.15, -0.1) is 0 Å². The van der Waals surface area contributed by atoms with E-state index in [4.69, 9.17) is 9.52 Å². The SMILES string of the molecule is CCc1cc(=O)oc2c1c(=O)n(CC(=O)O)c(=O)n2CC. The van der Waals surface area contributed by atoms with Crippen LogP contribution >= 0.6 is 0 Å². The monoisotopic (exact) mass is 294 g/mol. The van der Waals surface area contributed by atoms with Gasteiger partial charge in [-0.1, -0.05) is 6.92 Å². The number of aryl methyl sites for hydroxylation is 2. The first kappa shape index (κ1) is 14.8. The van der Waals surface area contributed by atoms with Crippen molar-refractivity contribution in [1.29, 1.82) is 0 Å². The normalized spacial score (nSPS) is 11.0. The molecule has 21 heavy (non-hydrogen) atoms. The van der Waals surface area contributed by atoms with E-state index >= 15 is 0 Å². The molecule has 2 aromatic heterocycles. The molecule has 8 nitrogen and oxygen atoms in total. The zero-order chi connectivity index (χ0) is 15.7. The molecule has 0 aliphatic heterocycles. The van der Waals surface area contributed by atoms with Gasteiger partial charge < -0.3 is 9.52 Å². The summed E-state index contributed by atoms with van der Waals surface area (Å²) in [6, 6.07) is 1.18. The van der Waals surface area contributed by atoms with Gasteiger partial charge in [0.2, 0.25) is 5.71 Å². The summed E-state index contributed by atoms with van der Waals surface area (Å²) < 4.78 is 6.71. The van der Waals surface area contributed by atoms with Gasteiger partial charge in [-0.2, -0.15) is 0 Å². The third kappa shape index (κ3) is 2.39. The highest BCUT2D eigenvalue weighted by Crippen LogP contribution is 2.12. The second-order valence-corrected chi connectivity index (χ2v) is 4.44. The summed E-state index contributed by atoms with van der Waals surface area (Å²) in [5, 5.41) is 8.91. The zero-order valence-electron chi connectivity index (χ0n) is 11.6. The van der Waals surface area contributed by atoms with Crippen molar-refractivity contribution in [2.45, 2.75) is 33.4 Å². The fourth-order valence-corrected chi connectivity index (χ4v) is 2.23. The Kier molecular flexibility index (Phi) is 3.79. The second-order valence-electron chi connectivity index (χ2n) is 4.44. The Balaban J connectivity index is 3.08. The van der Waals surface area contributed by atoms with Gasteiger partial charge in [0.25, 0.3) is 5.56 Å². The third-order valence-electron chi connectivity index (χ3n) is 3.18. The largest absolute Gasteiger partial charge is 0.480 e. The van der Waals surface area contributed by atoms with E-state index in [9.17, 15) is 19.2 Å². The Morgan fingerprint density at radius 3 is 2.43 bits per heavy atom. The number of aromatic nitrogens is 2. The average molecular weight is 294 g/mol. The van der Waals surface area contributed by atoms with Crippen molar-refractivity contribution in [3.8, 4) is 0 Å². The molecule has 0 unspecified atom stereocenters. The Morgan fingerprint density at radius 1 is 1.24 bits per heavy atom. The third-order valence-corrected chi connectivity index (χ3v) is 3.18. The van der Waals surface area contributed by atoms with Crippen LogP contribution in [0.25, 0.3) is 11.1 Å². The molecule has 8 heteroatoms. The van der Waals surface area contributed by atoms with Crippen LogP contribution in [-0.2, 0) is 24.3 Å². The second kappa shape index (κ2) is 5.39. The van der Waals surface area contributed by atoms with Crippen molar-refractivity contribution in [1.82, 2.24) is 9.13 Å². The lowest BCUT2D eigenvalue weighted by molar-refractivity contribution is -0.137. The number of carboxylic acid groups (broad SMARTS) is 1. The number of rotatable bonds is 4.